The number of aryl methyl sites for hydroxylation is 2. The van der Waals surface area contributed by atoms with Gasteiger partial charge < -0.3 is 15.4 Å². The van der Waals surface area contributed by atoms with E-state index in [9.17, 15) is 4.79 Å². The largest absolute Gasteiger partial charge is 0.497 e. The number of hydrogen-bond acceptors (Lipinski definition) is 5. The van der Waals surface area contributed by atoms with Gasteiger partial charge in [0.05, 0.1) is 7.11 Å². The van der Waals surface area contributed by atoms with Gasteiger partial charge in [0.15, 0.2) is 0 Å². The lowest BCUT2D eigenvalue weighted by Crippen LogP contribution is -2.40. The van der Waals surface area contributed by atoms with Crippen LogP contribution in [0, 0.1) is 6.92 Å². The van der Waals surface area contributed by atoms with E-state index in [4.69, 9.17) is 9.72 Å². The molecule has 1 aliphatic rings. The maximum absolute atomic E-state index is 12.6. The van der Waals surface area contributed by atoms with Crippen LogP contribution in [0.3, 0.4) is 0 Å². The van der Waals surface area contributed by atoms with Gasteiger partial charge in [-0.05, 0) is 56.7 Å². The molecule has 0 saturated carbocycles. The van der Waals surface area contributed by atoms with Gasteiger partial charge in [-0.25, -0.2) is 9.97 Å². The zero-order chi connectivity index (χ0) is 19.9. The van der Waals surface area contributed by atoms with Crippen molar-refractivity contribution in [3.05, 3.63) is 47.0 Å². The molecule has 2 aromatic rings. The SMILES string of the molecule is CC[C@H](Nc1cccc(OC)c1)C(=O)NCCc1nc(C)c2c(n1)CCCC2. The number of methoxy groups -OCH3 is 1. The first kappa shape index (κ1) is 20.1. The summed E-state index contributed by atoms with van der Waals surface area (Å²) >= 11 is 0. The molecule has 1 aromatic carbocycles. The summed E-state index contributed by atoms with van der Waals surface area (Å²) in [4.78, 5) is 22.0. The minimum atomic E-state index is -0.293. The zero-order valence-corrected chi connectivity index (χ0v) is 17.0. The molecule has 0 saturated heterocycles. The van der Waals surface area contributed by atoms with Crippen LogP contribution < -0.4 is 15.4 Å². The van der Waals surface area contributed by atoms with Gasteiger partial charge in [-0.15, -0.1) is 0 Å². The average Bonchev–Trinajstić information content (AvgIpc) is 2.72. The number of anilines is 1. The summed E-state index contributed by atoms with van der Waals surface area (Å²) in [6.45, 7) is 4.60. The summed E-state index contributed by atoms with van der Waals surface area (Å²) in [5.74, 6) is 1.58. The second-order valence-electron chi connectivity index (χ2n) is 7.24. The minimum Gasteiger partial charge on any atom is -0.497 e. The van der Waals surface area contributed by atoms with E-state index >= 15 is 0 Å². The Morgan fingerprint density at radius 3 is 2.86 bits per heavy atom. The molecule has 3 rings (SSSR count). The fraction of sp³-hybridized carbons (Fsp3) is 0.500. The van der Waals surface area contributed by atoms with E-state index < -0.39 is 0 Å². The molecular formula is C22H30N4O2. The molecular weight excluding hydrogens is 352 g/mol. The fourth-order valence-electron chi connectivity index (χ4n) is 3.64. The number of nitrogens with one attached hydrogen (secondary N) is 2. The van der Waals surface area contributed by atoms with Crippen molar-refractivity contribution in [3.8, 4) is 5.75 Å². The van der Waals surface area contributed by atoms with Crippen LogP contribution in [0.15, 0.2) is 24.3 Å². The van der Waals surface area contributed by atoms with Crippen LogP contribution in [0.1, 0.15) is 49.0 Å². The molecule has 1 aromatic heterocycles. The first-order valence-electron chi connectivity index (χ1n) is 10.1. The van der Waals surface area contributed by atoms with Gasteiger partial charge in [0.1, 0.15) is 17.6 Å². The number of nitrogens with zero attached hydrogens (tertiary/aromatic N) is 2. The highest BCUT2D eigenvalue weighted by molar-refractivity contribution is 5.84. The van der Waals surface area contributed by atoms with E-state index in [1.807, 2.05) is 31.2 Å². The van der Waals surface area contributed by atoms with Gasteiger partial charge in [-0.1, -0.05) is 13.0 Å². The Morgan fingerprint density at radius 1 is 1.25 bits per heavy atom. The second kappa shape index (κ2) is 9.53. The lowest BCUT2D eigenvalue weighted by atomic mass is 9.95. The predicted octanol–water partition coefficient (Wildman–Crippen LogP) is 3.22. The van der Waals surface area contributed by atoms with Crippen LogP contribution in [0.2, 0.25) is 0 Å². The first-order chi connectivity index (χ1) is 13.6. The maximum atomic E-state index is 12.6. The van der Waals surface area contributed by atoms with Crippen LogP contribution in [0.5, 0.6) is 5.75 Å². The third-order valence-corrected chi connectivity index (χ3v) is 5.22. The molecule has 0 spiro atoms. The molecule has 1 heterocycles. The number of carbonyl (C=O) groups excluding carboxylic acids is 1. The van der Waals surface area contributed by atoms with Crippen LogP contribution >= 0.6 is 0 Å². The third-order valence-electron chi connectivity index (χ3n) is 5.22. The normalized spacial score (nSPS) is 14.1. The van der Waals surface area contributed by atoms with Crippen molar-refractivity contribution in [3.63, 3.8) is 0 Å². The Bertz CT molecular complexity index is 822. The lowest BCUT2D eigenvalue weighted by molar-refractivity contribution is -0.121. The Hall–Kier alpha value is -2.63. The molecule has 0 bridgehead atoms. The minimum absolute atomic E-state index is 0.0139. The van der Waals surface area contributed by atoms with Crippen molar-refractivity contribution in [1.29, 1.82) is 0 Å². The summed E-state index contributed by atoms with van der Waals surface area (Å²) in [7, 11) is 1.63. The first-order valence-corrected chi connectivity index (χ1v) is 10.1. The van der Waals surface area contributed by atoms with E-state index in [0.29, 0.717) is 19.4 Å². The zero-order valence-electron chi connectivity index (χ0n) is 17.0. The number of amides is 1. The van der Waals surface area contributed by atoms with Gasteiger partial charge in [-0.2, -0.15) is 0 Å². The highest BCUT2D eigenvalue weighted by atomic mass is 16.5. The van der Waals surface area contributed by atoms with E-state index in [2.05, 4.69) is 22.5 Å². The molecule has 150 valence electrons. The van der Waals surface area contributed by atoms with Crippen molar-refractivity contribution >= 4 is 11.6 Å². The van der Waals surface area contributed by atoms with Crippen molar-refractivity contribution in [2.45, 2.75) is 58.4 Å². The van der Waals surface area contributed by atoms with Gasteiger partial charge in [0.25, 0.3) is 0 Å². The molecule has 0 fully saturated rings. The Balaban J connectivity index is 1.54. The number of fused-ring (bicyclic) bond motifs is 1. The van der Waals surface area contributed by atoms with Gasteiger partial charge in [0.2, 0.25) is 5.91 Å². The molecule has 1 amide bonds. The molecule has 6 heteroatoms. The standard InChI is InChI=1S/C22H30N4O2/c1-4-19(25-16-8-7-9-17(14-16)28-3)22(27)23-13-12-21-24-15(2)18-10-5-6-11-20(18)26-21/h7-9,14,19,25H,4-6,10-13H2,1-3H3,(H,23,27)/t19-/m0/s1. The molecule has 0 unspecified atom stereocenters. The molecule has 0 radical (unpaired) electrons. The van der Waals surface area contributed by atoms with E-state index in [0.717, 1.165) is 35.8 Å². The fourth-order valence-corrected chi connectivity index (χ4v) is 3.64. The van der Waals surface area contributed by atoms with E-state index in [1.54, 1.807) is 7.11 Å². The summed E-state index contributed by atoms with van der Waals surface area (Å²) < 4.78 is 5.24. The Kier molecular flexibility index (Phi) is 6.85. The van der Waals surface area contributed by atoms with Crippen molar-refractivity contribution in [1.82, 2.24) is 15.3 Å². The van der Waals surface area contributed by atoms with Crippen LogP contribution in [-0.4, -0.2) is 35.6 Å². The number of aromatic nitrogens is 2. The number of ether oxygens (including phenoxy) is 1. The topological polar surface area (TPSA) is 76.1 Å². The Morgan fingerprint density at radius 2 is 2.07 bits per heavy atom. The van der Waals surface area contributed by atoms with Crippen molar-refractivity contribution in [2.75, 3.05) is 19.0 Å². The summed E-state index contributed by atoms with van der Waals surface area (Å²) in [5, 5.41) is 6.30. The monoisotopic (exact) mass is 382 g/mol. The van der Waals surface area contributed by atoms with E-state index in [1.165, 1.54) is 24.1 Å². The highest BCUT2D eigenvalue weighted by Crippen LogP contribution is 2.22. The van der Waals surface area contributed by atoms with Gasteiger partial charge in [-0.3, -0.25) is 4.79 Å². The van der Waals surface area contributed by atoms with Crippen molar-refractivity contribution in [2.24, 2.45) is 0 Å². The van der Waals surface area contributed by atoms with Crippen molar-refractivity contribution < 1.29 is 9.53 Å². The molecule has 28 heavy (non-hydrogen) atoms. The van der Waals surface area contributed by atoms with Crippen LogP contribution in [-0.2, 0) is 24.1 Å². The molecule has 1 atom stereocenters. The molecule has 6 nitrogen and oxygen atoms in total. The van der Waals surface area contributed by atoms with Crippen LogP contribution in [0.25, 0.3) is 0 Å². The highest BCUT2D eigenvalue weighted by Gasteiger charge is 2.18. The van der Waals surface area contributed by atoms with E-state index in [-0.39, 0.29) is 11.9 Å². The van der Waals surface area contributed by atoms with Crippen LogP contribution in [0.4, 0.5) is 5.69 Å². The third kappa shape index (κ3) is 5.00. The number of benzene rings is 1. The smallest absolute Gasteiger partial charge is 0.242 e. The maximum Gasteiger partial charge on any atom is 0.242 e. The molecule has 1 aliphatic carbocycles. The number of rotatable bonds is 8. The number of hydrogen-bond donors (Lipinski definition) is 2. The summed E-state index contributed by atoms with van der Waals surface area (Å²) in [6.07, 6.45) is 5.90. The Labute approximate surface area is 167 Å². The predicted molar refractivity (Wildman–Crippen MR) is 111 cm³/mol. The molecule has 0 aliphatic heterocycles. The van der Waals surface area contributed by atoms with Gasteiger partial charge >= 0.3 is 0 Å². The quantitative estimate of drug-likeness (QED) is 0.733. The van der Waals surface area contributed by atoms with Gasteiger partial charge in [0, 0.05) is 36.1 Å². The lowest BCUT2D eigenvalue weighted by Gasteiger charge is -2.19. The number of carbonyl (C=O) groups is 1. The second-order valence-corrected chi connectivity index (χ2v) is 7.24. The average molecular weight is 383 g/mol. The summed E-state index contributed by atoms with van der Waals surface area (Å²) in [5.41, 5.74) is 4.49. The molecule has 2 N–H and O–H groups in total. The summed E-state index contributed by atoms with van der Waals surface area (Å²) in [6, 6.07) is 7.31.